The Bertz CT molecular complexity index is 870. The van der Waals surface area contributed by atoms with Gasteiger partial charge in [-0.2, -0.15) is 4.98 Å². The Balaban J connectivity index is 1.72. The molecule has 2 aromatic heterocycles. The molecule has 3 N–H and O–H groups in total. The lowest BCUT2D eigenvalue weighted by Crippen LogP contribution is -2.22. The molecule has 1 amide bonds. The number of anilines is 1. The van der Waals surface area contributed by atoms with Crippen molar-refractivity contribution >= 4 is 23.0 Å². The third kappa shape index (κ3) is 2.16. The molecule has 3 unspecified atom stereocenters. The van der Waals surface area contributed by atoms with Gasteiger partial charge in [-0.15, -0.1) is 0 Å². The first-order valence-corrected chi connectivity index (χ1v) is 8.34. The third-order valence-corrected chi connectivity index (χ3v) is 5.53. The minimum atomic E-state index is -0.361. The van der Waals surface area contributed by atoms with Gasteiger partial charge in [0.1, 0.15) is 0 Å². The molecular formula is C16H21N5O3. The molecule has 0 radical (unpaired) electrons. The van der Waals surface area contributed by atoms with Crippen LogP contribution >= 0.6 is 0 Å². The third-order valence-electron chi connectivity index (χ3n) is 5.53. The quantitative estimate of drug-likeness (QED) is 0.775. The van der Waals surface area contributed by atoms with E-state index in [0.717, 1.165) is 19.3 Å². The average Bonchev–Trinajstić information content (AvgIpc) is 2.92. The number of aromatic nitrogens is 4. The number of carbonyl (C=O) groups excluding carboxylic acids is 1. The molecule has 2 aliphatic carbocycles. The number of aliphatic hydroxyl groups is 1. The second kappa shape index (κ2) is 5.14. The van der Waals surface area contributed by atoms with Gasteiger partial charge in [0.05, 0.1) is 6.33 Å². The number of fused-ring (bicyclic) bond motifs is 2. The maximum Gasteiger partial charge on any atom is 0.280 e. The molecule has 2 fully saturated rings. The summed E-state index contributed by atoms with van der Waals surface area (Å²) in [6, 6.07) is 0.199. The lowest BCUT2D eigenvalue weighted by Gasteiger charge is -2.14. The fourth-order valence-electron chi connectivity index (χ4n) is 3.93. The maximum atomic E-state index is 12.2. The van der Waals surface area contributed by atoms with E-state index < -0.39 is 0 Å². The van der Waals surface area contributed by atoms with Crippen LogP contribution in [0.15, 0.2) is 11.1 Å². The summed E-state index contributed by atoms with van der Waals surface area (Å²) in [5.74, 6) is 0.151. The summed E-state index contributed by atoms with van der Waals surface area (Å²) in [4.78, 5) is 35.3. The van der Waals surface area contributed by atoms with Crippen LogP contribution in [0, 0.1) is 17.3 Å². The Morgan fingerprint density at radius 3 is 3.00 bits per heavy atom. The summed E-state index contributed by atoms with van der Waals surface area (Å²) in [6.07, 6.45) is 4.59. The number of H-pyrrole nitrogens is 1. The second-order valence-corrected chi connectivity index (χ2v) is 7.32. The zero-order chi connectivity index (χ0) is 17.1. The van der Waals surface area contributed by atoms with E-state index in [4.69, 9.17) is 0 Å². The first-order chi connectivity index (χ1) is 11.4. The van der Waals surface area contributed by atoms with Crippen LogP contribution in [-0.4, -0.2) is 37.1 Å². The standard InChI is InChI=1S/C16H21N5O3/c1-8(2)13(23)19-15-18-12-11(14(24)20-15)17-7-21(12)10-3-4-16(6-22)5-9(10)16/h7-10,22H,3-6H2,1-2H3,(H2,18,19,20,23,24). The predicted octanol–water partition coefficient (Wildman–Crippen LogP) is 1.05. The number of aliphatic hydroxyl groups excluding tert-OH is 1. The van der Waals surface area contributed by atoms with Crippen molar-refractivity contribution in [3.63, 3.8) is 0 Å². The van der Waals surface area contributed by atoms with Crippen LogP contribution in [-0.2, 0) is 4.79 Å². The van der Waals surface area contributed by atoms with Crippen molar-refractivity contribution in [1.82, 2.24) is 19.5 Å². The lowest BCUT2D eigenvalue weighted by molar-refractivity contribution is -0.118. The zero-order valence-electron chi connectivity index (χ0n) is 13.7. The van der Waals surface area contributed by atoms with Gasteiger partial charge in [0.2, 0.25) is 11.9 Å². The Kier molecular flexibility index (Phi) is 3.28. The summed E-state index contributed by atoms with van der Waals surface area (Å²) >= 11 is 0. The largest absolute Gasteiger partial charge is 0.396 e. The van der Waals surface area contributed by atoms with Crippen molar-refractivity contribution in [2.24, 2.45) is 17.3 Å². The molecule has 2 aromatic rings. The number of carbonyl (C=O) groups is 1. The van der Waals surface area contributed by atoms with Crippen LogP contribution in [0.1, 0.15) is 39.2 Å². The van der Waals surface area contributed by atoms with Gasteiger partial charge in [-0.1, -0.05) is 13.8 Å². The van der Waals surface area contributed by atoms with E-state index in [9.17, 15) is 14.7 Å². The first-order valence-electron chi connectivity index (χ1n) is 8.34. The highest BCUT2D eigenvalue weighted by atomic mass is 16.3. The summed E-state index contributed by atoms with van der Waals surface area (Å²) in [5.41, 5.74) is 0.458. The number of hydrogen-bond donors (Lipinski definition) is 3. The molecule has 24 heavy (non-hydrogen) atoms. The molecule has 0 aromatic carbocycles. The van der Waals surface area contributed by atoms with Gasteiger partial charge in [0.25, 0.3) is 5.56 Å². The van der Waals surface area contributed by atoms with Crippen LogP contribution in [0.5, 0.6) is 0 Å². The Morgan fingerprint density at radius 1 is 1.58 bits per heavy atom. The van der Waals surface area contributed by atoms with Gasteiger partial charge >= 0.3 is 0 Å². The number of nitrogens with one attached hydrogen (secondary N) is 2. The van der Waals surface area contributed by atoms with Crippen LogP contribution in [0.3, 0.4) is 0 Å². The molecule has 8 heteroatoms. The molecule has 8 nitrogen and oxygen atoms in total. The van der Waals surface area contributed by atoms with Gasteiger partial charge in [0, 0.05) is 18.6 Å². The minimum absolute atomic E-state index is 0.0527. The Hall–Kier alpha value is -2.22. The highest BCUT2D eigenvalue weighted by Crippen LogP contribution is 2.67. The molecule has 3 atom stereocenters. The van der Waals surface area contributed by atoms with E-state index in [1.807, 2.05) is 4.57 Å². The average molecular weight is 331 g/mol. The highest BCUT2D eigenvalue weighted by molar-refractivity contribution is 5.91. The molecule has 2 saturated carbocycles. The first kappa shape index (κ1) is 15.3. The van der Waals surface area contributed by atoms with Gasteiger partial charge < -0.3 is 9.67 Å². The topological polar surface area (TPSA) is 113 Å². The van der Waals surface area contributed by atoms with Gasteiger partial charge in [-0.05, 0) is 30.6 Å². The lowest BCUT2D eigenvalue weighted by atomic mass is 10.1. The fraction of sp³-hybridized carbons (Fsp3) is 0.625. The monoisotopic (exact) mass is 331 g/mol. The van der Waals surface area contributed by atoms with Crippen molar-refractivity contribution in [3.8, 4) is 0 Å². The van der Waals surface area contributed by atoms with Crippen molar-refractivity contribution in [2.75, 3.05) is 11.9 Å². The van der Waals surface area contributed by atoms with Crippen LogP contribution in [0.25, 0.3) is 11.2 Å². The summed E-state index contributed by atoms with van der Waals surface area (Å²) in [6.45, 7) is 3.76. The summed E-state index contributed by atoms with van der Waals surface area (Å²) < 4.78 is 1.94. The van der Waals surface area contributed by atoms with Crippen molar-refractivity contribution < 1.29 is 9.90 Å². The van der Waals surface area contributed by atoms with E-state index in [1.165, 1.54) is 0 Å². The molecule has 128 valence electrons. The van der Waals surface area contributed by atoms with Crippen molar-refractivity contribution in [3.05, 3.63) is 16.7 Å². The zero-order valence-corrected chi connectivity index (χ0v) is 13.7. The second-order valence-electron chi connectivity index (χ2n) is 7.32. The molecular weight excluding hydrogens is 310 g/mol. The van der Waals surface area contributed by atoms with Gasteiger partial charge in [0.15, 0.2) is 11.2 Å². The maximum absolute atomic E-state index is 12.2. The van der Waals surface area contributed by atoms with Crippen molar-refractivity contribution in [1.29, 1.82) is 0 Å². The smallest absolute Gasteiger partial charge is 0.280 e. The highest BCUT2D eigenvalue weighted by Gasteiger charge is 2.61. The predicted molar refractivity (Wildman–Crippen MR) is 87.5 cm³/mol. The van der Waals surface area contributed by atoms with E-state index in [1.54, 1.807) is 20.2 Å². The van der Waals surface area contributed by atoms with Crippen LogP contribution in [0.2, 0.25) is 0 Å². The molecule has 2 aliphatic rings. The summed E-state index contributed by atoms with van der Waals surface area (Å²) in [7, 11) is 0. The minimum Gasteiger partial charge on any atom is -0.396 e. The number of amides is 1. The number of rotatable bonds is 4. The molecule has 2 heterocycles. The number of aromatic amines is 1. The number of imidazole rings is 1. The molecule has 4 rings (SSSR count). The number of nitrogens with zero attached hydrogens (tertiary/aromatic N) is 3. The fourth-order valence-corrected chi connectivity index (χ4v) is 3.93. The van der Waals surface area contributed by atoms with Crippen molar-refractivity contribution in [2.45, 2.75) is 39.2 Å². The summed E-state index contributed by atoms with van der Waals surface area (Å²) in [5, 5.41) is 12.2. The van der Waals surface area contributed by atoms with Gasteiger partial charge in [-0.25, -0.2) is 4.98 Å². The van der Waals surface area contributed by atoms with E-state index in [0.29, 0.717) is 11.6 Å². The van der Waals surface area contributed by atoms with Crippen LogP contribution < -0.4 is 10.9 Å². The SMILES string of the molecule is CC(C)C(=O)Nc1nc2c(ncn2C2CCC3(CO)CC23)c(=O)[nH]1. The van der Waals surface area contributed by atoms with Crippen LogP contribution in [0.4, 0.5) is 5.95 Å². The molecule has 0 saturated heterocycles. The van der Waals surface area contributed by atoms with E-state index >= 15 is 0 Å². The van der Waals surface area contributed by atoms with E-state index in [-0.39, 0.29) is 46.9 Å². The Morgan fingerprint density at radius 2 is 2.38 bits per heavy atom. The molecule has 0 spiro atoms. The normalized spacial score (nSPS) is 28.3. The van der Waals surface area contributed by atoms with E-state index in [2.05, 4.69) is 20.3 Å². The Labute approximate surface area is 138 Å². The number of hydrogen-bond acceptors (Lipinski definition) is 5. The van der Waals surface area contributed by atoms with Gasteiger partial charge in [-0.3, -0.25) is 19.9 Å². The molecule has 0 bridgehead atoms. The molecule has 0 aliphatic heterocycles.